The Kier molecular flexibility index (Phi) is 4.07. The molecular formula is C10H21N3O2. The summed E-state index contributed by atoms with van der Waals surface area (Å²) in [5, 5.41) is 12.0. The van der Waals surface area contributed by atoms with Crippen molar-refractivity contribution in [1.29, 1.82) is 0 Å². The fourth-order valence-corrected chi connectivity index (χ4v) is 1.81. The summed E-state index contributed by atoms with van der Waals surface area (Å²) in [5.74, 6) is -0.715. The molecule has 0 aliphatic carbocycles. The van der Waals surface area contributed by atoms with Crippen molar-refractivity contribution in [3.63, 3.8) is 0 Å². The lowest BCUT2D eigenvalue weighted by molar-refractivity contribution is -0.141. The zero-order valence-corrected chi connectivity index (χ0v) is 9.79. The third kappa shape index (κ3) is 3.15. The third-order valence-corrected chi connectivity index (χ3v) is 3.08. The van der Waals surface area contributed by atoms with Crippen molar-refractivity contribution in [3.8, 4) is 0 Å². The van der Waals surface area contributed by atoms with Crippen molar-refractivity contribution in [1.82, 2.24) is 15.1 Å². The molecule has 0 spiro atoms. The summed E-state index contributed by atoms with van der Waals surface area (Å²) in [5.41, 5.74) is -0.165. The van der Waals surface area contributed by atoms with Gasteiger partial charge in [0.05, 0.1) is 12.0 Å². The van der Waals surface area contributed by atoms with E-state index < -0.39 is 5.97 Å². The average Bonchev–Trinajstić information content (AvgIpc) is 2.06. The first-order valence-corrected chi connectivity index (χ1v) is 5.25. The van der Waals surface area contributed by atoms with E-state index in [9.17, 15) is 4.79 Å². The summed E-state index contributed by atoms with van der Waals surface area (Å²) in [6.45, 7) is 3.42. The molecule has 0 aromatic rings. The van der Waals surface area contributed by atoms with E-state index in [1.165, 1.54) is 0 Å². The lowest BCUT2D eigenvalue weighted by Crippen LogP contribution is -2.69. The molecule has 0 atom stereocenters. The summed E-state index contributed by atoms with van der Waals surface area (Å²) in [6, 6.07) is 0. The number of rotatable bonds is 6. The van der Waals surface area contributed by atoms with Gasteiger partial charge in [-0.1, -0.05) is 0 Å². The molecule has 2 N–H and O–H groups in total. The normalized spacial score (nSPS) is 19.3. The first kappa shape index (κ1) is 12.4. The van der Waals surface area contributed by atoms with Crippen LogP contribution in [-0.2, 0) is 4.79 Å². The minimum absolute atomic E-state index is 0.165. The first-order chi connectivity index (χ1) is 6.96. The van der Waals surface area contributed by atoms with Gasteiger partial charge in [0.25, 0.3) is 0 Å². The van der Waals surface area contributed by atoms with Crippen LogP contribution in [0.1, 0.15) is 6.42 Å². The van der Waals surface area contributed by atoms with E-state index >= 15 is 0 Å². The number of likely N-dealkylation sites (N-methyl/N-ethyl adjacent to an activating group) is 2. The minimum atomic E-state index is -0.715. The van der Waals surface area contributed by atoms with Gasteiger partial charge in [-0.25, -0.2) is 0 Å². The number of nitrogens with one attached hydrogen (secondary N) is 1. The Morgan fingerprint density at radius 2 is 1.93 bits per heavy atom. The average molecular weight is 215 g/mol. The molecule has 1 fully saturated rings. The zero-order chi connectivity index (χ0) is 11.5. The number of carbonyl (C=O) groups is 1. The lowest BCUT2D eigenvalue weighted by Gasteiger charge is -2.48. The molecule has 1 saturated heterocycles. The molecule has 1 aliphatic rings. The molecule has 5 nitrogen and oxygen atoms in total. The molecule has 0 unspecified atom stereocenters. The van der Waals surface area contributed by atoms with Crippen LogP contribution in [0.4, 0.5) is 0 Å². The quantitative estimate of drug-likeness (QED) is 0.613. The highest BCUT2D eigenvalue weighted by atomic mass is 16.4. The summed E-state index contributed by atoms with van der Waals surface area (Å²) < 4.78 is 0. The maximum Gasteiger partial charge on any atom is 0.305 e. The number of carboxylic acids is 1. The van der Waals surface area contributed by atoms with Gasteiger partial charge in [0.2, 0.25) is 0 Å². The van der Waals surface area contributed by atoms with Crippen molar-refractivity contribution in [2.45, 2.75) is 12.0 Å². The SMILES string of the molecule is CN(C)CCN(C)C1(CC(=O)O)CNC1. The topological polar surface area (TPSA) is 55.8 Å². The minimum Gasteiger partial charge on any atom is -0.481 e. The second-order valence-electron chi connectivity index (χ2n) is 4.62. The molecule has 0 radical (unpaired) electrons. The van der Waals surface area contributed by atoms with Crippen LogP contribution in [0.15, 0.2) is 0 Å². The fourth-order valence-electron chi connectivity index (χ4n) is 1.81. The Bertz CT molecular complexity index is 227. The standard InChI is InChI=1S/C10H21N3O2/c1-12(2)4-5-13(3)10(6-9(14)15)7-11-8-10/h11H,4-8H2,1-3H3,(H,14,15). The Morgan fingerprint density at radius 3 is 2.27 bits per heavy atom. The second-order valence-corrected chi connectivity index (χ2v) is 4.62. The van der Waals surface area contributed by atoms with Crippen LogP contribution in [0.3, 0.4) is 0 Å². The Hall–Kier alpha value is -0.650. The van der Waals surface area contributed by atoms with Gasteiger partial charge < -0.3 is 15.3 Å². The van der Waals surface area contributed by atoms with Gasteiger partial charge in [-0.15, -0.1) is 0 Å². The number of hydrogen-bond donors (Lipinski definition) is 2. The predicted octanol–water partition coefficient (Wildman–Crippen LogP) is -0.703. The predicted molar refractivity (Wildman–Crippen MR) is 59.0 cm³/mol. The fraction of sp³-hybridized carbons (Fsp3) is 0.900. The van der Waals surface area contributed by atoms with Crippen molar-refractivity contribution in [2.75, 3.05) is 47.3 Å². The highest BCUT2D eigenvalue weighted by molar-refractivity contribution is 5.68. The molecule has 0 amide bonds. The Morgan fingerprint density at radius 1 is 1.33 bits per heavy atom. The molecule has 0 aromatic heterocycles. The molecule has 0 saturated carbocycles. The molecular weight excluding hydrogens is 194 g/mol. The van der Waals surface area contributed by atoms with E-state index in [2.05, 4.69) is 15.1 Å². The number of carboxylic acid groups (broad SMARTS) is 1. The summed E-state index contributed by atoms with van der Waals surface area (Å²) >= 11 is 0. The summed E-state index contributed by atoms with van der Waals surface area (Å²) in [4.78, 5) is 15.1. The van der Waals surface area contributed by atoms with Crippen molar-refractivity contribution in [2.24, 2.45) is 0 Å². The van der Waals surface area contributed by atoms with Crippen LogP contribution in [0.25, 0.3) is 0 Å². The van der Waals surface area contributed by atoms with E-state index in [-0.39, 0.29) is 12.0 Å². The van der Waals surface area contributed by atoms with Gasteiger partial charge in [0.15, 0.2) is 0 Å². The van der Waals surface area contributed by atoms with Crippen LogP contribution >= 0.6 is 0 Å². The molecule has 1 rings (SSSR count). The van der Waals surface area contributed by atoms with Gasteiger partial charge in [0.1, 0.15) is 0 Å². The van der Waals surface area contributed by atoms with E-state index in [1.54, 1.807) is 0 Å². The van der Waals surface area contributed by atoms with Crippen molar-refractivity contribution < 1.29 is 9.90 Å². The van der Waals surface area contributed by atoms with Gasteiger partial charge in [-0.05, 0) is 21.1 Å². The van der Waals surface area contributed by atoms with Gasteiger partial charge in [-0.2, -0.15) is 0 Å². The van der Waals surface area contributed by atoms with Crippen molar-refractivity contribution in [3.05, 3.63) is 0 Å². The molecule has 15 heavy (non-hydrogen) atoms. The van der Waals surface area contributed by atoms with Crippen LogP contribution in [-0.4, -0.2) is 73.7 Å². The molecule has 0 bridgehead atoms. The van der Waals surface area contributed by atoms with Crippen LogP contribution < -0.4 is 5.32 Å². The largest absolute Gasteiger partial charge is 0.481 e. The van der Waals surface area contributed by atoms with E-state index in [1.807, 2.05) is 21.1 Å². The summed E-state index contributed by atoms with van der Waals surface area (Å²) in [6.07, 6.45) is 0.226. The van der Waals surface area contributed by atoms with Crippen molar-refractivity contribution >= 4 is 5.97 Å². The molecule has 1 heterocycles. The zero-order valence-electron chi connectivity index (χ0n) is 9.79. The Labute approximate surface area is 91.0 Å². The highest BCUT2D eigenvalue weighted by Gasteiger charge is 2.42. The van der Waals surface area contributed by atoms with E-state index in [0.29, 0.717) is 0 Å². The second kappa shape index (κ2) is 4.92. The lowest BCUT2D eigenvalue weighted by atomic mass is 9.87. The van der Waals surface area contributed by atoms with E-state index in [0.717, 1.165) is 26.2 Å². The number of nitrogens with zero attached hydrogens (tertiary/aromatic N) is 2. The monoisotopic (exact) mass is 215 g/mol. The highest BCUT2D eigenvalue weighted by Crippen LogP contribution is 2.23. The molecule has 88 valence electrons. The number of hydrogen-bond acceptors (Lipinski definition) is 4. The van der Waals surface area contributed by atoms with Gasteiger partial charge >= 0.3 is 5.97 Å². The van der Waals surface area contributed by atoms with Gasteiger partial charge in [0, 0.05) is 26.2 Å². The smallest absolute Gasteiger partial charge is 0.305 e. The molecule has 5 heteroatoms. The third-order valence-electron chi connectivity index (χ3n) is 3.08. The van der Waals surface area contributed by atoms with Crippen LogP contribution in [0.2, 0.25) is 0 Å². The molecule has 1 aliphatic heterocycles. The number of aliphatic carboxylic acids is 1. The molecule has 0 aromatic carbocycles. The Balaban J connectivity index is 2.46. The van der Waals surface area contributed by atoms with Crippen LogP contribution in [0.5, 0.6) is 0 Å². The maximum absolute atomic E-state index is 10.8. The van der Waals surface area contributed by atoms with Gasteiger partial charge in [-0.3, -0.25) is 9.69 Å². The van der Waals surface area contributed by atoms with Crippen LogP contribution in [0, 0.1) is 0 Å². The van der Waals surface area contributed by atoms with E-state index in [4.69, 9.17) is 5.11 Å². The first-order valence-electron chi connectivity index (χ1n) is 5.25. The maximum atomic E-state index is 10.8. The summed E-state index contributed by atoms with van der Waals surface area (Å²) in [7, 11) is 6.06.